The van der Waals surface area contributed by atoms with Crippen molar-refractivity contribution in [3.63, 3.8) is 0 Å². The fourth-order valence-electron chi connectivity index (χ4n) is 4.55. The van der Waals surface area contributed by atoms with Gasteiger partial charge in [-0.15, -0.1) is 0 Å². The average Bonchev–Trinajstić information content (AvgIpc) is 3.23. The van der Waals surface area contributed by atoms with Gasteiger partial charge in [0, 0.05) is 36.1 Å². The first-order valence-corrected chi connectivity index (χ1v) is 10.9. The maximum atomic E-state index is 13.3. The molecule has 5 nitrogen and oxygen atoms in total. The lowest BCUT2D eigenvalue weighted by molar-refractivity contribution is 0.0623. The van der Waals surface area contributed by atoms with Crippen LogP contribution in [0.4, 0.5) is 0 Å². The molecule has 0 aliphatic heterocycles. The fraction of sp³-hybridized carbons (Fsp3) is 0.400. The van der Waals surface area contributed by atoms with E-state index in [-0.39, 0.29) is 11.9 Å². The van der Waals surface area contributed by atoms with Crippen LogP contribution in [0.1, 0.15) is 48.7 Å². The quantitative estimate of drug-likeness (QED) is 0.597. The molecule has 2 atom stereocenters. The van der Waals surface area contributed by atoms with Crippen LogP contribution in [0.3, 0.4) is 0 Å². The van der Waals surface area contributed by atoms with E-state index in [1.54, 1.807) is 7.11 Å². The Balaban J connectivity index is 1.39. The Bertz CT molecular complexity index is 946. The number of ether oxygens (including phenoxy) is 1. The minimum absolute atomic E-state index is 0.106. The molecule has 1 aliphatic carbocycles. The van der Waals surface area contributed by atoms with Crippen molar-refractivity contribution in [2.75, 3.05) is 13.7 Å². The van der Waals surface area contributed by atoms with Crippen LogP contribution in [-0.2, 0) is 6.54 Å². The average molecular weight is 406 g/mol. The first-order valence-electron chi connectivity index (χ1n) is 10.9. The highest BCUT2D eigenvalue weighted by molar-refractivity contribution is 5.98. The molecule has 4 rings (SSSR count). The number of nitrogens with one attached hydrogen (secondary N) is 2. The molecule has 2 aromatic carbocycles. The zero-order chi connectivity index (χ0) is 20.9. The molecule has 3 aromatic rings. The number of hydrogen-bond acceptors (Lipinski definition) is 3. The Kier molecular flexibility index (Phi) is 6.38. The lowest BCUT2D eigenvalue weighted by atomic mass is 9.89. The van der Waals surface area contributed by atoms with Gasteiger partial charge in [0.1, 0.15) is 11.4 Å². The van der Waals surface area contributed by atoms with Crippen LogP contribution in [0.15, 0.2) is 54.6 Å². The lowest BCUT2D eigenvalue weighted by Gasteiger charge is -2.37. The lowest BCUT2D eigenvalue weighted by Crippen LogP contribution is -2.46. The van der Waals surface area contributed by atoms with E-state index in [9.17, 15) is 4.79 Å². The van der Waals surface area contributed by atoms with Gasteiger partial charge < -0.3 is 19.9 Å². The van der Waals surface area contributed by atoms with E-state index in [1.807, 2.05) is 47.4 Å². The maximum Gasteiger partial charge on any atom is 0.270 e. The Hall–Kier alpha value is -2.79. The summed E-state index contributed by atoms with van der Waals surface area (Å²) in [6.07, 6.45) is 4.36. The van der Waals surface area contributed by atoms with Crippen molar-refractivity contribution in [3.8, 4) is 5.75 Å². The van der Waals surface area contributed by atoms with Crippen LogP contribution in [0.5, 0.6) is 5.75 Å². The monoisotopic (exact) mass is 405 g/mol. The van der Waals surface area contributed by atoms with Gasteiger partial charge in [0.2, 0.25) is 0 Å². The third-order valence-corrected chi connectivity index (χ3v) is 6.20. The van der Waals surface area contributed by atoms with Gasteiger partial charge in [-0.1, -0.05) is 30.3 Å². The Morgan fingerprint density at radius 2 is 1.97 bits per heavy atom. The SMILES string of the molecule is CCN(C(=O)c1cc2ccccc2[nH]1)[C@H]1CCC[C@@H](NCc2ccc(OC)cc2)C1. The number of aromatic amines is 1. The number of benzene rings is 2. The molecule has 0 spiro atoms. The zero-order valence-corrected chi connectivity index (χ0v) is 17.9. The molecular weight excluding hydrogens is 374 g/mol. The van der Waals surface area contributed by atoms with Gasteiger partial charge in [0.05, 0.1) is 7.11 Å². The minimum atomic E-state index is 0.106. The van der Waals surface area contributed by atoms with Crippen LogP contribution in [-0.4, -0.2) is 41.5 Å². The van der Waals surface area contributed by atoms with E-state index < -0.39 is 0 Å². The summed E-state index contributed by atoms with van der Waals surface area (Å²) in [6.45, 7) is 3.64. The zero-order valence-electron chi connectivity index (χ0n) is 17.9. The van der Waals surface area contributed by atoms with Crippen molar-refractivity contribution in [2.45, 2.75) is 51.2 Å². The molecule has 2 N–H and O–H groups in total. The van der Waals surface area contributed by atoms with Crippen LogP contribution >= 0.6 is 0 Å². The van der Waals surface area contributed by atoms with Crippen molar-refractivity contribution in [1.29, 1.82) is 0 Å². The first-order chi connectivity index (χ1) is 14.7. The van der Waals surface area contributed by atoms with Crippen molar-refractivity contribution < 1.29 is 9.53 Å². The maximum absolute atomic E-state index is 13.3. The van der Waals surface area contributed by atoms with E-state index in [0.717, 1.165) is 55.4 Å². The molecule has 1 aromatic heterocycles. The molecular formula is C25H31N3O2. The number of fused-ring (bicyclic) bond motifs is 1. The number of rotatable bonds is 7. The summed E-state index contributed by atoms with van der Waals surface area (Å²) in [6, 6.07) is 18.9. The summed E-state index contributed by atoms with van der Waals surface area (Å²) in [5, 5.41) is 4.78. The predicted octanol–water partition coefficient (Wildman–Crippen LogP) is 4.74. The Morgan fingerprint density at radius 1 is 1.17 bits per heavy atom. The topological polar surface area (TPSA) is 57.4 Å². The summed E-state index contributed by atoms with van der Waals surface area (Å²) >= 11 is 0. The second-order valence-electron chi connectivity index (χ2n) is 8.11. The highest BCUT2D eigenvalue weighted by Gasteiger charge is 2.29. The van der Waals surface area contributed by atoms with Crippen molar-refractivity contribution in [2.24, 2.45) is 0 Å². The number of amides is 1. The summed E-state index contributed by atoms with van der Waals surface area (Å²) < 4.78 is 5.23. The van der Waals surface area contributed by atoms with Gasteiger partial charge in [-0.05, 0) is 62.4 Å². The molecule has 1 amide bonds. The number of aromatic nitrogens is 1. The molecule has 1 saturated carbocycles. The van der Waals surface area contributed by atoms with Gasteiger partial charge in [-0.2, -0.15) is 0 Å². The third kappa shape index (κ3) is 4.51. The molecule has 0 bridgehead atoms. The van der Waals surface area contributed by atoms with Crippen LogP contribution in [0.25, 0.3) is 10.9 Å². The number of methoxy groups -OCH3 is 1. The number of hydrogen-bond donors (Lipinski definition) is 2. The molecule has 1 aliphatic rings. The molecule has 1 heterocycles. The van der Waals surface area contributed by atoms with Crippen LogP contribution in [0.2, 0.25) is 0 Å². The third-order valence-electron chi connectivity index (χ3n) is 6.20. The predicted molar refractivity (Wildman–Crippen MR) is 121 cm³/mol. The molecule has 0 radical (unpaired) electrons. The van der Waals surface area contributed by atoms with E-state index in [1.165, 1.54) is 5.56 Å². The van der Waals surface area contributed by atoms with Crippen molar-refractivity contribution >= 4 is 16.8 Å². The van der Waals surface area contributed by atoms with Gasteiger partial charge in [-0.3, -0.25) is 4.79 Å². The molecule has 1 fully saturated rings. The van der Waals surface area contributed by atoms with Crippen LogP contribution in [0, 0.1) is 0 Å². The summed E-state index contributed by atoms with van der Waals surface area (Å²) in [5.41, 5.74) is 2.95. The Morgan fingerprint density at radius 3 is 2.70 bits per heavy atom. The van der Waals surface area contributed by atoms with Crippen molar-refractivity contribution in [3.05, 3.63) is 65.9 Å². The molecule has 158 valence electrons. The standard InChI is InChI=1S/C25H31N3O2/c1-3-28(25(29)24-15-19-7-4-5-10-23(19)27-24)21-9-6-8-20(16-21)26-17-18-11-13-22(30-2)14-12-18/h4-5,7,10-15,20-21,26-27H,3,6,8-9,16-17H2,1-2H3/t20-,21+/m1/s1. The minimum Gasteiger partial charge on any atom is -0.497 e. The number of carbonyl (C=O) groups excluding carboxylic acids is 1. The summed E-state index contributed by atoms with van der Waals surface area (Å²) in [7, 11) is 1.69. The van der Waals surface area contributed by atoms with Gasteiger partial charge in [-0.25, -0.2) is 0 Å². The number of nitrogens with zero attached hydrogens (tertiary/aromatic N) is 1. The summed E-state index contributed by atoms with van der Waals surface area (Å²) in [5.74, 6) is 0.986. The van der Waals surface area contributed by atoms with E-state index >= 15 is 0 Å². The normalized spacial score (nSPS) is 19.0. The second kappa shape index (κ2) is 9.35. The smallest absolute Gasteiger partial charge is 0.270 e. The van der Waals surface area contributed by atoms with E-state index in [2.05, 4.69) is 29.4 Å². The first kappa shape index (κ1) is 20.5. The van der Waals surface area contributed by atoms with Crippen molar-refractivity contribution in [1.82, 2.24) is 15.2 Å². The second-order valence-corrected chi connectivity index (χ2v) is 8.11. The van der Waals surface area contributed by atoms with E-state index in [0.29, 0.717) is 11.7 Å². The highest BCUT2D eigenvalue weighted by Crippen LogP contribution is 2.26. The number of carbonyl (C=O) groups is 1. The molecule has 5 heteroatoms. The molecule has 30 heavy (non-hydrogen) atoms. The molecule has 0 saturated heterocycles. The number of para-hydroxylation sites is 1. The number of H-pyrrole nitrogens is 1. The van der Waals surface area contributed by atoms with Gasteiger partial charge >= 0.3 is 0 Å². The van der Waals surface area contributed by atoms with E-state index in [4.69, 9.17) is 4.74 Å². The van der Waals surface area contributed by atoms with Crippen LogP contribution < -0.4 is 10.1 Å². The largest absolute Gasteiger partial charge is 0.497 e. The van der Waals surface area contributed by atoms with Gasteiger partial charge in [0.25, 0.3) is 5.91 Å². The van der Waals surface area contributed by atoms with Gasteiger partial charge in [0.15, 0.2) is 0 Å². The summed E-state index contributed by atoms with van der Waals surface area (Å²) in [4.78, 5) is 18.6. The Labute approximate surface area is 178 Å². The molecule has 0 unspecified atom stereocenters. The fourth-order valence-corrected chi connectivity index (χ4v) is 4.55. The highest BCUT2D eigenvalue weighted by atomic mass is 16.5.